The summed E-state index contributed by atoms with van der Waals surface area (Å²) >= 11 is 0. The molecular weight excluding hydrogens is 688 g/mol. The van der Waals surface area contributed by atoms with Crippen molar-refractivity contribution < 1.29 is 43.2 Å². The number of hydrogen-bond donors (Lipinski definition) is 3. The fourth-order valence-corrected chi connectivity index (χ4v) is 5.81. The van der Waals surface area contributed by atoms with E-state index in [4.69, 9.17) is 23.7 Å². The molecule has 6 rings (SSSR count). The predicted molar refractivity (Wildman–Crippen MR) is 200 cm³/mol. The van der Waals surface area contributed by atoms with Gasteiger partial charge in [0.05, 0.1) is 0 Å². The Morgan fingerprint density at radius 1 is 0.611 bits per heavy atom. The number of rotatable bonds is 15. The number of ether oxygens (including phenoxy) is 5. The second kappa shape index (κ2) is 17.4. The van der Waals surface area contributed by atoms with Crippen LogP contribution < -0.4 is 24.8 Å². The van der Waals surface area contributed by atoms with Crippen molar-refractivity contribution in [2.75, 3.05) is 0 Å². The van der Waals surface area contributed by atoms with Gasteiger partial charge in [-0.3, -0.25) is 4.79 Å². The fourth-order valence-electron chi connectivity index (χ4n) is 5.81. The Labute approximate surface area is 313 Å². The molecule has 0 saturated carbocycles. The van der Waals surface area contributed by atoms with Crippen molar-refractivity contribution in [1.82, 2.24) is 10.6 Å². The van der Waals surface area contributed by atoms with Crippen LogP contribution in [0.4, 0.5) is 4.79 Å². The standard InChI is InChI=1S/C43H42N2O9/c1-43(2)53-37-21-19-33(25-39(37)54-43)22-34(45-42(49)52-28-31-16-10-5-11-17-31)40(47)44-35(41(48)51-27-30-14-8-4-9-15-30)23-32-18-20-36(46)38(24-32)50-26-29-12-6-3-7-13-29/h3-21,24-25,34-35,46H,22-23,26-28H2,1-2H3,(H,44,47)(H,45,49)/t34-,35-/m0/s1. The molecule has 0 unspecified atom stereocenters. The molecule has 0 fully saturated rings. The Bertz CT molecular complexity index is 2040. The summed E-state index contributed by atoms with van der Waals surface area (Å²) in [4.78, 5) is 41.0. The highest BCUT2D eigenvalue weighted by Gasteiger charge is 2.33. The van der Waals surface area contributed by atoms with Gasteiger partial charge in [0.1, 0.15) is 31.9 Å². The Balaban J connectivity index is 1.22. The van der Waals surface area contributed by atoms with Gasteiger partial charge in [0.2, 0.25) is 11.7 Å². The van der Waals surface area contributed by atoms with Crippen molar-refractivity contribution >= 4 is 18.0 Å². The predicted octanol–water partition coefficient (Wildman–Crippen LogP) is 6.79. The minimum absolute atomic E-state index is 0.00831. The number of phenols is 1. The van der Waals surface area contributed by atoms with Crippen molar-refractivity contribution in [1.29, 1.82) is 0 Å². The summed E-state index contributed by atoms with van der Waals surface area (Å²) in [5.41, 5.74) is 3.70. The minimum Gasteiger partial charge on any atom is -0.504 e. The monoisotopic (exact) mass is 730 g/mol. The molecular formula is C43H42N2O9. The summed E-state index contributed by atoms with van der Waals surface area (Å²) in [6.45, 7) is 3.76. The second-order valence-corrected chi connectivity index (χ2v) is 13.3. The van der Waals surface area contributed by atoms with Gasteiger partial charge in [0, 0.05) is 26.7 Å². The van der Waals surface area contributed by atoms with Gasteiger partial charge in [0.25, 0.3) is 0 Å². The number of alkyl carbamates (subject to hydrolysis) is 1. The highest BCUT2D eigenvalue weighted by Crippen LogP contribution is 2.39. The average molecular weight is 731 g/mol. The zero-order chi connectivity index (χ0) is 37.9. The molecule has 278 valence electrons. The molecule has 5 aromatic rings. The summed E-state index contributed by atoms with van der Waals surface area (Å²) in [7, 11) is 0. The largest absolute Gasteiger partial charge is 0.504 e. The number of esters is 1. The first kappa shape index (κ1) is 37.3. The van der Waals surface area contributed by atoms with Crippen molar-refractivity contribution in [2.24, 2.45) is 0 Å². The lowest BCUT2D eigenvalue weighted by Gasteiger charge is -2.23. The van der Waals surface area contributed by atoms with Crippen molar-refractivity contribution in [3.8, 4) is 23.0 Å². The lowest BCUT2D eigenvalue weighted by molar-refractivity contribution is -0.149. The molecule has 11 nitrogen and oxygen atoms in total. The minimum atomic E-state index is -1.19. The van der Waals surface area contributed by atoms with Gasteiger partial charge < -0.3 is 39.4 Å². The number of fused-ring (bicyclic) bond motifs is 1. The molecule has 0 aliphatic carbocycles. The summed E-state index contributed by atoms with van der Waals surface area (Å²) < 4.78 is 28.8. The summed E-state index contributed by atoms with van der Waals surface area (Å²) in [6, 6.07) is 35.5. The van der Waals surface area contributed by atoms with Crippen molar-refractivity contribution in [3.63, 3.8) is 0 Å². The molecule has 0 aromatic heterocycles. The smallest absolute Gasteiger partial charge is 0.408 e. The van der Waals surface area contributed by atoms with Gasteiger partial charge in [0.15, 0.2) is 23.0 Å². The maximum absolute atomic E-state index is 14.1. The van der Waals surface area contributed by atoms with Crippen LogP contribution in [-0.2, 0) is 51.7 Å². The first-order valence-corrected chi connectivity index (χ1v) is 17.6. The second-order valence-electron chi connectivity index (χ2n) is 13.3. The first-order chi connectivity index (χ1) is 26.1. The zero-order valence-electron chi connectivity index (χ0n) is 30.0. The molecule has 1 aliphatic heterocycles. The maximum atomic E-state index is 14.1. The van der Waals surface area contributed by atoms with Gasteiger partial charge in [-0.15, -0.1) is 0 Å². The lowest BCUT2D eigenvalue weighted by atomic mass is 10.0. The van der Waals surface area contributed by atoms with Crippen LogP contribution in [-0.4, -0.2) is 40.9 Å². The van der Waals surface area contributed by atoms with Crippen LogP contribution >= 0.6 is 0 Å². The molecule has 0 spiro atoms. The molecule has 0 bridgehead atoms. The third-order valence-corrected chi connectivity index (χ3v) is 8.51. The van der Waals surface area contributed by atoms with Gasteiger partial charge in [-0.1, -0.05) is 103 Å². The maximum Gasteiger partial charge on any atom is 0.408 e. The third kappa shape index (κ3) is 10.5. The fraction of sp³-hybridized carbons (Fsp3) is 0.233. The summed E-state index contributed by atoms with van der Waals surface area (Å²) in [5.74, 6) is -0.998. The van der Waals surface area contributed by atoms with Crippen molar-refractivity contribution in [2.45, 2.75) is 64.4 Å². The van der Waals surface area contributed by atoms with Gasteiger partial charge >= 0.3 is 12.1 Å². The van der Waals surface area contributed by atoms with Crippen LogP contribution in [0.15, 0.2) is 127 Å². The van der Waals surface area contributed by atoms with E-state index < -0.39 is 35.8 Å². The van der Waals surface area contributed by atoms with E-state index in [1.165, 1.54) is 6.07 Å². The zero-order valence-corrected chi connectivity index (χ0v) is 30.0. The molecule has 3 N–H and O–H groups in total. The summed E-state index contributed by atoms with van der Waals surface area (Å²) in [6.07, 6.45) is -0.792. The highest BCUT2D eigenvalue weighted by atomic mass is 16.7. The van der Waals surface area contributed by atoms with Gasteiger partial charge in [-0.2, -0.15) is 0 Å². The Hall–Kier alpha value is -6.49. The van der Waals surface area contributed by atoms with E-state index in [9.17, 15) is 19.5 Å². The van der Waals surface area contributed by atoms with E-state index in [0.717, 1.165) is 16.7 Å². The number of nitrogens with one attached hydrogen (secondary N) is 2. The number of carbonyl (C=O) groups is 3. The average Bonchev–Trinajstić information content (AvgIpc) is 3.50. The van der Waals surface area contributed by atoms with Gasteiger partial charge in [-0.25, -0.2) is 9.59 Å². The lowest BCUT2D eigenvalue weighted by Crippen LogP contribution is -2.53. The van der Waals surface area contributed by atoms with E-state index in [-0.39, 0.29) is 44.2 Å². The SMILES string of the molecule is CC1(C)Oc2ccc(C[C@H](NC(=O)OCc3ccccc3)C(=O)N[C@@H](Cc3ccc(O)c(OCc4ccccc4)c3)C(=O)OCc3ccccc3)cc2O1. The number of carbonyl (C=O) groups excluding carboxylic acids is 3. The topological polar surface area (TPSA) is 142 Å². The Morgan fingerprint density at radius 2 is 1.15 bits per heavy atom. The first-order valence-electron chi connectivity index (χ1n) is 17.6. The molecule has 0 radical (unpaired) electrons. The van der Waals surface area contributed by atoms with Gasteiger partial charge in [-0.05, 0) is 52.1 Å². The van der Waals surface area contributed by atoms with E-state index in [2.05, 4.69) is 10.6 Å². The molecule has 1 heterocycles. The van der Waals surface area contributed by atoms with Crippen LogP contribution in [0.25, 0.3) is 0 Å². The van der Waals surface area contributed by atoms with Crippen LogP contribution in [0.1, 0.15) is 41.7 Å². The number of phenolic OH excluding ortho intramolecular Hbond substituents is 1. The van der Waals surface area contributed by atoms with Crippen LogP contribution in [0.5, 0.6) is 23.0 Å². The molecule has 0 saturated heterocycles. The molecule has 2 atom stereocenters. The quantitative estimate of drug-likeness (QED) is 0.0994. The van der Waals surface area contributed by atoms with Crippen LogP contribution in [0, 0.1) is 0 Å². The third-order valence-electron chi connectivity index (χ3n) is 8.51. The molecule has 54 heavy (non-hydrogen) atoms. The Kier molecular flexibility index (Phi) is 12.0. The number of aromatic hydroxyl groups is 1. The van der Waals surface area contributed by atoms with E-state index >= 15 is 0 Å². The van der Waals surface area contributed by atoms with E-state index in [1.54, 1.807) is 44.2 Å². The van der Waals surface area contributed by atoms with Crippen molar-refractivity contribution in [3.05, 3.63) is 155 Å². The summed E-state index contributed by atoms with van der Waals surface area (Å²) in [5, 5.41) is 16.1. The van der Waals surface area contributed by atoms with E-state index in [0.29, 0.717) is 22.6 Å². The molecule has 11 heteroatoms. The number of amides is 2. The number of benzene rings is 5. The number of hydrogen-bond acceptors (Lipinski definition) is 9. The Morgan fingerprint density at radius 3 is 1.80 bits per heavy atom. The molecule has 1 aliphatic rings. The van der Waals surface area contributed by atoms with Crippen LogP contribution in [0.3, 0.4) is 0 Å². The molecule has 2 amide bonds. The highest BCUT2D eigenvalue weighted by molar-refractivity contribution is 5.90. The van der Waals surface area contributed by atoms with Crippen LogP contribution in [0.2, 0.25) is 0 Å². The molecule has 5 aromatic carbocycles. The van der Waals surface area contributed by atoms with E-state index in [1.807, 2.05) is 91.0 Å². The normalized spacial score (nSPS) is 13.6.